The maximum Gasteiger partial charge on any atom is 0.262 e. The first-order valence-electron chi connectivity index (χ1n) is 10.4. The Morgan fingerprint density at radius 2 is 1.84 bits per heavy atom. The molecule has 0 saturated carbocycles. The number of hydrogen-bond acceptors (Lipinski definition) is 4. The van der Waals surface area contributed by atoms with E-state index in [0.29, 0.717) is 28.3 Å². The molecule has 2 aromatic heterocycles. The van der Waals surface area contributed by atoms with Crippen LogP contribution in [0.1, 0.15) is 42.8 Å². The standard InChI is InChI=1S/C24H25ClN4O2/c1-16(30)21(9-5-8-17-6-3-2-4-7-17)29-23-20(15-26-29)24(31)28-22(27-23)14-18-10-12-19(25)13-11-18/h2-4,6-7,10-13,15-16,21,30H,5,8-9,14H2,1H3,(H,27,28,31). The zero-order valence-corrected chi connectivity index (χ0v) is 18.1. The zero-order valence-electron chi connectivity index (χ0n) is 17.3. The quantitative estimate of drug-likeness (QED) is 0.431. The van der Waals surface area contributed by atoms with E-state index in [2.05, 4.69) is 27.2 Å². The minimum atomic E-state index is -0.625. The van der Waals surface area contributed by atoms with E-state index in [4.69, 9.17) is 11.6 Å². The van der Waals surface area contributed by atoms with Crippen LogP contribution in [0.4, 0.5) is 0 Å². The van der Waals surface area contributed by atoms with Gasteiger partial charge in [-0.1, -0.05) is 54.1 Å². The van der Waals surface area contributed by atoms with Gasteiger partial charge in [0.25, 0.3) is 5.56 Å². The van der Waals surface area contributed by atoms with Crippen molar-refractivity contribution in [3.05, 3.63) is 93.1 Å². The predicted molar refractivity (Wildman–Crippen MR) is 123 cm³/mol. The fourth-order valence-electron chi connectivity index (χ4n) is 3.83. The lowest BCUT2D eigenvalue weighted by Gasteiger charge is -2.21. The highest BCUT2D eigenvalue weighted by molar-refractivity contribution is 6.30. The van der Waals surface area contributed by atoms with Gasteiger partial charge in [0.2, 0.25) is 0 Å². The van der Waals surface area contributed by atoms with Crippen LogP contribution in [-0.2, 0) is 12.8 Å². The van der Waals surface area contributed by atoms with Gasteiger partial charge in [-0.05, 0) is 49.4 Å². The Morgan fingerprint density at radius 3 is 2.55 bits per heavy atom. The third-order valence-corrected chi connectivity index (χ3v) is 5.73. The van der Waals surface area contributed by atoms with Gasteiger partial charge in [-0.3, -0.25) is 4.79 Å². The van der Waals surface area contributed by atoms with E-state index in [0.717, 1.165) is 24.8 Å². The highest BCUT2D eigenvalue weighted by atomic mass is 35.5. The van der Waals surface area contributed by atoms with Gasteiger partial charge in [0.15, 0.2) is 5.65 Å². The van der Waals surface area contributed by atoms with Crippen molar-refractivity contribution < 1.29 is 5.11 Å². The monoisotopic (exact) mass is 436 g/mol. The number of fused-ring (bicyclic) bond motifs is 1. The number of aryl methyl sites for hydroxylation is 1. The second-order valence-electron chi connectivity index (χ2n) is 7.83. The Morgan fingerprint density at radius 1 is 1.10 bits per heavy atom. The van der Waals surface area contributed by atoms with Gasteiger partial charge >= 0.3 is 0 Å². The minimum absolute atomic E-state index is 0.228. The molecule has 0 aliphatic carbocycles. The molecule has 7 heteroatoms. The number of rotatable bonds is 8. The second-order valence-corrected chi connectivity index (χ2v) is 8.26. The van der Waals surface area contributed by atoms with Crippen molar-refractivity contribution in [2.75, 3.05) is 0 Å². The minimum Gasteiger partial charge on any atom is -0.391 e. The Balaban J connectivity index is 1.59. The summed E-state index contributed by atoms with van der Waals surface area (Å²) in [6.07, 6.45) is 3.91. The van der Waals surface area contributed by atoms with E-state index in [1.54, 1.807) is 11.6 Å². The summed E-state index contributed by atoms with van der Waals surface area (Å²) in [5.41, 5.74) is 2.53. The number of aliphatic hydroxyl groups excluding tert-OH is 1. The van der Waals surface area contributed by atoms with E-state index in [1.807, 2.05) is 42.5 Å². The molecule has 0 spiro atoms. The lowest BCUT2D eigenvalue weighted by molar-refractivity contribution is 0.118. The normalized spacial score (nSPS) is 13.4. The van der Waals surface area contributed by atoms with E-state index >= 15 is 0 Å². The SMILES string of the molecule is CC(O)C(CCCc1ccccc1)n1ncc2c(=O)[nH]c(Cc3ccc(Cl)cc3)nc21. The summed E-state index contributed by atoms with van der Waals surface area (Å²) in [4.78, 5) is 20.1. The van der Waals surface area contributed by atoms with Crippen molar-refractivity contribution in [3.8, 4) is 0 Å². The van der Waals surface area contributed by atoms with E-state index in [-0.39, 0.29) is 11.6 Å². The number of aromatic amines is 1. The number of hydrogen-bond donors (Lipinski definition) is 2. The second kappa shape index (κ2) is 9.45. The van der Waals surface area contributed by atoms with E-state index in [9.17, 15) is 9.90 Å². The maximum absolute atomic E-state index is 12.6. The summed E-state index contributed by atoms with van der Waals surface area (Å²) < 4.78 is 1.70. The molecule has 2 atom stereocenters. The van der Waals surface area contributed by atoms with Crippen molar-refractivity contribution in [1.29, 1.82) is 0 Å². The first-order chi connectivity index (χ1) is 15.0. The van der Waals surface area contributed by atoms with Gasteiger partial charge in [0.05, 0.1) is 18.3 Å². The van der Waals surface area contributed by atoms with Crippen molar-refractivity contribution in [2.45, 2.75) is 44.8 Å². The largest absolute Gasteiger partial charge is 0.391 e. The van der Waals surface area contributed by atoms with Crippen LogP contribution in [-0.4, -0.2) is 31.0 Å². The van der Waals surface area contributed by atoms with Crippen LogP contribution < -0.4 is 5.56 Å². The molecule has 0 fully saturated rings. The summed E-state index contributed by atoms with van der Waals surface area (Å²) in [6.45, 7) is 1.75. The van der Waals surface area contributed by atoms with Crippen molar-refractivity contribution in [1.82, 2.24) is 19.7 Å². The molecular formula is C24H25ClN4O2. The van der Waals surface area contributed by atoms with Gasteiger partial charge in [0, 0.05) is 11.4 Å². The third-order valence-electron chi connectivity index (χ3n) is 5.48. The molecule has 2 N–H and O–H groups in total. The molecule has 2 heterocycles. The summed E-state index contributed by atoms with van der Waals surface area (Å²) >= 11 is 5.96. The molecule has 31 heavy (non-hydrogen) atoms. The number of nitrogens with zero attached hydrogens (tertiary/aromatic N) is 3. The predicted octanol–water partition coefficient (Wildman–Crippen LogP) is 4.31. The molecule has 6 nitrogen and oxygen atoms in total. The Hall–Kier alpha value is -2.96. The topological polar surface area (TPSA) is 83.8 Å². The smallest absolute Gasteiger partial charge is 0.262 e. The van der Waals surface area contributed by atoms with Crippen LogP contribution in [0, 0.1) is 0 Å². The molecule has 0 radical (unpaired) electrons. The lowest BCUT2D eigenvalue weighted by Crippen LogP contribution is -2.24. The van der Waals surface area contributed by atoms with Crippen molar-refractivity contribution in [2.24, 2.45) is 0 Å². The first kappa shape index (κ1) is 21.3. The summed E-state index contributed by atoms with van der Waals surface area (Å²) in [5, 5.41) is 16.0. The van der Waals surface area contributed by atoms with Gasteiger partial charge in [0.1, 0.15) is 11.2 Å². The van der Waals surface area contributed by atoms with E-state index in [1.165, 1.54) is 11.8 Å². The van der Waals surface area contributed by atoms with Crippen molar-refractivity contribution in [3.63, 3.8) is 0 Å². The van der Waals surface area contributed by atoms with Crippen LogP contribution in [0.5, 0.6) is 0 Å². The molecule has 2 unspecified atom stereocenters. The molecule has 0 saturated heterocycles. The Labute approximate surface area is 185 Å². The van der Waals surface area contributed by atoms with Crippen LogP contribution in [0.25, 0.3) is 11.0 Å². The molecule has 0 bridgehead atoms. The molecule has 4 aromatic rings. The van der Waals surface area contributed by atoms with Gasteiger partial charge in [-0.25, -0.2) is 9.67 Å². The van der Waals surface area contributed by atoms with Crippen molar-refractivity contribution >= 4 is 22.6 Å². The van der Waals surface area contributed by atoms with Crippen LogP contribution in [0.2, 0.25) is 5.02 Å². The fourth-order valence-corrected chi connectivity index (χ4v) is 3.96. The number of benzene rings is 2. The van der Waals surface area contributed by atoms with Gasteiger partial charge in [-0.15, -0.1) is 0 Å². The fraction of sp³-hybridized carbons (Fsp3) is 0.292. The zero-order chi connectivity index (χ0) is 21.8. The summed E-state index contributed by atoms with van der Waals surface area (Å²) in [7, 11) is 0. The first-order valence-corrected chi connectivity index (χ1v) is 10.8. The molecule has 4 rings (SSSR count). The number of nitrogens with one attached hydrogen (secondary N) is 1. The molecule has 160 valence electrons. The van der Waals surface area contributed by atoms with Crippen LogP contribution in [0.15, 0.2) is 65.6 Å². The maximum atomic E-state index is 12.6. The molecule has 0 aliphatic heterocycles. The molecule has 2 aromatic carbocycles. The highest BCUT2D eigenvalue weighted by Gasteiger charge is 2.22. The average Bonchev–Trinajstić information content (AvgIpc) is 3.17. The third kappa shape index (κ3) is 5.03. The number of H-pyrrole nitrogens is 1. The summed E-state index contributed by atoms with van der Waals surface area (Å²) in [6, 6.07) is 17.4. The highest BCUT2D eigenvalue weighted by Crippen LogP contribution is 2.23. The number of halogens is 1. The Kier molecular flexibility index (Phi) is 6.49. The van der Waals surface area contributed by atoms with Crippen LogP contribution in [0.3, 0.4) is 0 Å². The van der Waals surface area contributed by atoms with Gasteiger partial charge < -0.3 is 10.1 Å². The Bertz CT molecular complexity index is 1200. The molecule has 0 aliphatic rings. The number of aliphatic hydroxyl groups is 1. The van der Waals surface area contributed by atoms with Gasteiger partial charge in [-0.2, -0.15) is 5.10 Å². The van der Waals surface area contributed by atoms with Crippen LogP contribution >= 0.6 is 11.6 Å². The summed E-state index contributed by atoms with van der Waals surface area (Å²) in [5.74, 6) is 0.551. The molecule has 0 amide bonds. The van der Waals surface area contributed by atoms with E-state index < -0.39 is 6.10 Å². The number of aromatic nitrogens is 4. The lowest BCUT2D eigenvalue weighted by atomic mass is 10.0. The average molecular weight is 437 g/mol. The molecular weight excluding hydrogens is 412 g/mol.